The first kappa shape index (κ1) is 34.3. The monoisotopic (exact) mass is 615 g/mol. The number of hydrogen-bond donors (Lipinski definition) is 0. The van der Waals surface area contributed by atoms with E-state index in [9.17, 15) is 9.18 Å². The summed E-state index contributed by atoms with van der Waals surface area (Å²) in [7, 11) is 5.77. The van der Waals surface area contributed by atoms with Gasteiger partial charge >= 0.3 is 5.97 Å². The van der Waals surface area contributed by atoms with Gasteiger partial charge in [0.05, 0.1) is 32.3 Å². The highest BCUT2D eigenvalue weighted by Crippen LogP contribution is 2.38. The number of carbonyl (C=O) groups excluding carboxylic acids is 1. The third kappa shape index (κ3) is 9.97. The van der Waals surface area contributed by atoms with Crippen LogP contribution in [0.25, 0.3) is 0 Å². The lowest BCUT2D eigenvalue weighted by Gasteiger charge is -2.39. The molecule has 0 saturated carbocycles. The molecule has 0 N–H and O–H groups in total. The largest absolute Gasteiger partial charge is 0.499 e. The van der Waals surface area contributed by atoms with Crippen LogP contribution in [0.3, 0.4) is 0 Å². The van der Waals surface area contributed by atoms with Crippen LogP contribution in [-0.2, 0) is 39.8 Å². The molecule has 0 unspecified atom stereocenters. The van der Waals surface area contributed by atoms with Gasteiger partial charge in [0.2, 0.25) is 0 Å². The average Bonchev–Trinajstić information content (AvgIpc) is 3.37. The van der Waals surface area contributed by atoms with Gasteiger partial charge in [-0.3, -0.25) is 4.79 Å². The number of nitrogens with zero attached hydrogens (tertiary/aromatic N) is 1. The topological polar surface area (TPSA) is 75.7 Å². The Morgan fingerprint density at radius 1 is 1.00 bits per heavy atom. The summed E-state index contributed by atoms with van der Waals surface area (Å²) in [6, 6.07) is 6.62. The van der Waals surface area contributed by atoms with Crippen molar-refractivity contribution < 1.29 is 37.6 Å². The Labute approximate surface area is 262 Å². The van der Waals surface area contributed by atoms with Crippen molar-refractivity contribution in [3.05, 3.63) is 71.8 Å². The van der Waals surface area contributed by atoms with Gasteiger partial charge in [0.1, 0.15) is 23.8 Å². The van der Waals surface area contributed by atoms with Crippen molar-refractivity contribution in [2.24, 2.45) is 11.8 Å². The molecule has 8 nitrogen and oxygen atoms in total. The van der Waals surface area contributed by atoms with E-state index in [1.54, 1.807) is 25.3 Å². The molecule has 0 radical (unpaired) electrons. The fourth-order valence-corrected chi connectivity index (χ4v) is 6.31. The Hall–Kier alpha value is -2.56. The van der Waals surface area contributed by atoms with Crippen LogP contribution in [0.4, 0.5) is 4.39 Å². The van der Waals surface area contributed by atoms with Crippen LogP contribution in [0.1, 0.15) is 64.9 Å². The van der Waals surface area contributed by atoms with Crippen LogP contribution in [0.15, 0.2) is 60.4 Å². The predicted octanol–water partition coefficient (Wildman–Crippen LogP) is 6.31. The van der Waals surface area contributed by atoms with Gasteiger partial charge in [-0.15, -0.1) is 0 Å². The van der Waals surface area contributed by atoms with Gasteiger partial charge in [-0.05, 0) is 82.8 Å². The number of carbonyl (C=O) groups is 1. The lowest BCUT2D eigenvalue weighted by molar-refractivity contribution is -0.224. The molecule has 9 atom stereocenters. The fraction of sp³-hybridized carbons (Fsp3) is 0.629. The number of allylic oxidation sites excluding steroid dienone is 2. The first-order chi connectivity index (χ1) is 21.1. The summed E-state index contributed by atoms with van der Waals surface area (Å²) < 4.78 is 50.3. The second kappa shape index (κ2) is 16.7. The van der Waals surface area contributed by atoms with Crippen LogP contribution in [0, 0.1) is 17.7 Å². The van der Waals surface area contributed by atoms with E-state index in [0.29, 0.717) is 31.2 Å². The number of hydrogen-bond acceptors (Lipinski definition) is 8. The first-order valence-electron chi connectivity index (χ1n) is 15.9. The molecule has 3 heterocycles. The van der Waals surface area contributed by atoms with Crippen molar-refractivity contribution in [2.75, 3.05) is 21.2 Å². The van der Waals surface area contributed by atoms with E-state index in [2.05, 4.69) is 38.9 Å². The normalized spacial score (nSPS) is 36.6. The summed E-state index contributed by atoms with van der Waals surface area (Å²) in [6.07, 6.45) is 12.2. The molecule has 244 valence electrons. The van der Waals surface area contributed by atoms with E-state index in [0.717, 1.165) is 24.8 Å². The Balaban J connectivity index is 1.53. The van der Waals surface area contributed by atoms with E-state index in [-0.39, 0.29) is 54.6 Å². The molecule has 0 aromatic heterocycles. The number of esters is 1. The minimum Gasteiger partial charge on any atom is -0.499 e. The maximum absolute atomic E-state index is 13.4. The van der Waals surface area contributed by atoms with Gasteiger partial charge in [0, 0.05) is 18.9 Å². The molecule has 44 heavy (non-hydrogen) atoms. The molecule has 3 aliphatic rings. The molecule has 1 aromatic rings. The van der Waals surface area contributed by atoms with E-state index in [1.807, 2.05) is 25.2 Å². The molecule has 3 aliphatic heterocycles. The summed E-state index contributed by atoms with van der Waals surface area (Å²) in [5, 5.41) is 0. The van der Waals surface area contributed by atoms with E-state index >= 15 is 0 Å². The number of methoxy groups -OCH3 is 1. The zero-order chi connectivity index (χ0) is 31.6. The van der Waals surface area contributed by atoms with Crippen molar-refractivity contribution in [2.45, 2.75) is 109 Å². The third-order valence-electron chi connectivity index (χ3n) is 8.72. The summed E-state index contributed by atoms with van der Waals surface area (Å²) >= 11 is 0. The summed E-state index contributed by atoms with van der Waals surface area (Å²) in [5.74, 6) is 0.134. The van der Waals surface area contributed by atoms with Gasteiger partial charge in [0.15, 0.2) is 12.6 Å². The number of likely N-dealkylation sites (N-methyl/N-ethyl adjacent to an activating group) is 1. The molecule has 2 fully saturated rings. The van der Waals surface area contributed by atoms with E-state index in [4.69, 9.17) is 28.4 Å². The van der Waals surface area contributed by atoms with E-state index < -0.39 is 12.4 Å². The van der Waals surface area contributed by atoms with Crippen molar-refractivity contribution in [1.82, 2.24) is 4.90 Å². The molecule has 0 bridgehead atoms. The number of halogens is 1. The zero-order valence-corrected chi connectivity index (χ0v) is 27.0. The molecule has 0 aliphatic carbocycles. The van der Waals surface area contributed by atoms with Gasteiger partial charge < -0.3 is 33.3 Å². The Morgan fingerprint density at radius 2 is 1.77 bits per heavy atom. The van der Waals surface area contributed by atoms with Crippen molar-refractivity contribution in [3.8, 4) is 0 Å². The highest BCUT2D eigenvalue weighted by atomic mass is 19.1. The highest BCUT2D eigenvalue weighted by molar-refractivity contribution is 5.71. The van der Waals surface area contributed by atoms with Gasteiger partial charge in [-0.2, -0.15) is 0 Å². The van der Waals surface area contributed by atoms with E-state index in [1.165, 1.54) is 12.1 Å². The summed E-state index contributed by atoms with van der Waals surface area (Å²) in [5.41, 5.74) is 0.859. The maximum Gasteiger partial charge on any atom is 0.310 e. The van der Waals surface area contributed by atoms with Crippen LogP contribution in [0.2, 0.25) is 0 Å². The highest BCUT2D eigenvalue weighted by Gasteiger charge is 2.41. The van der Waals surface area contributed by atoms with Gasteiger partial charge in [-0.25, -0.2) is 4.39 Å². The van der Waals surface area contributed by atoms with Gasteiger partial charge in [-0.1, -0.05) is 43.4 Å². The molecule has 4 rings (SSSR count). The molecule has 2 saturated heterocycles. The van der Waals surface area contributed by atoms with Crippen LogP contribution in [0.5, 0.6) is 0 Å². The molecular formula is C35H50FNO7. The molecular weight excluding hydrogens is 565 g/mol. The molecule has 9 heteroatoms. The predicted molar refractivity (Wildman–Crippen MR) is 166 cm³/mol. The number of ether oxygens (including phenoxy) is 6. The average molecular weight is 616 g/mol. The first-order valence-corrected chi connectivity index (χ1v) is 15.9. The van der Waals surface area contributed by atoms with Crippen LogP contribution >= 0.6 is 0 Å². The minimum atomic E-state index is -0.488. The van der Waals surface area contributed by atoms with Crippen molar-refractivity contribution in [1.29, 1.82) is 0 Å². The van der Waals surface area contributed by atoms with Crippen LogP contribution in [-0.4, -0.2) is 75.1 Å². The lowest BCUT2D eigenvalue weighted by atomic mass is 9.86. The molecule has 1 aromatic carbocycles. The maximum atomic E-state index is 13.4. The quantitative estimate of drug-likeness (QED) is 0.331. The SMILES string of the molecule is CO/C1=C\CC(=O)O[C@H](C)C/C=C/C=C/[C@H](O[C@H]2CC[C@H](N(C)C)[C@@H](C)O2)[C@H](C)C[C@@H]2C[C@H](OCc3ccc(F)cc3)O[C@@H]12. The fourth-order valence-electron chi connectivity index (χ4n) is 6.31. The Bertz CT molecular complexity index is 1140. The standard InChI is InChI=1S/C35H50FNO7/c1-23-20-27-21-34(40-22-26-12-14-28(36)15-13-26)44-35(27)31(39-6)17-18-32(38)41-24(2)10-8-7-9-11-30(23)43-33-19-16-29(37(4)5)25(3)42-33/h7-9,11-15,17,23-25,27,29-30,33-35H,10,16,18-22H2,1-6H3/b8-7+,11-9+,31-17-/t23-,24-,25-,27-,29+,30+,33+,34-,35-/m1/s1. The van der Waals surface area contributed by atoms with Gasteiger partial charge in [0.25, 0.3) is 0 Å². The Morgan fingerprint density at radius 3 is 2.48 bits per heavy atom. The molecule has 0 spiro atoms. The summed E-state index contributed by atoms with van der Waals surface area (Å²) in [4.78, 5) is 14.8. The summed E-state index contributed by atoms with van der Waals surface area (Å²) in [6.45, 7) is 6.48. The third-order valence-corrected chi connectivity index (χ3v) is 8.72. The second-order valence-electron chi connectivity index (χ2n) is 12.5. The second-order valence-corrected chi connectivity index (χ2v) is 12.5. The lowest BCUT2D eigenvalue weighted by Crippen LogP contribution is -2.46. The Kier molecular flexibility index (Phi) is 13.0. The smallest absolute Gasteiger partial charge is 0.310 e. The van der Waals surface area contributed by atoms with Crippen molar-refractivity contribution in [3.63, 3.8) is 0 Å². The van der Waals surface area contributed by atoms with Crippen molar-refractivity contribution >= 4 is 5.97 Å². The molecule has 0 amide bonds. The number of benzene rings is 1. The number of rotatable bonds is 7. The zero-order valence-electron chi connectivity index (χ0n) is 27.0. The van der Waals surface area contributed by atoms with Crippen LogP contribution < -0.4 is 0 Å². The minimum absolute atomic E-state index is 0.0385. The number of fused-ring (bicyclic) bond motifs is 1. The number of cyclic esters (lactones) is 1.